The highest BCUT2D eigenvalue weighted by Gasteiger charge is 2.07. The number of tetrazole rings is 1. The first-order valence-electron chi connectivity index (χ1n) is 4.04. The zero-order valence-corrected chi connectivity index (χ0v) is 7.33. The molecule has 1 aromatic heterocycles. The number of hydrogen-bond donors (Lipinski definition) is 2. The number of anilines is 1. The molecule has 1 heterocycles. The molecule has 0 aliphatic rings. The molecule has 0 atom stereocenters. The number of aliphatic hydroxyl groups is 1. The molecule has 14 heavy (non-hydrogen) atoms. The van der Waals surface area contributed by atoms with Crippen molar-refractivity contribution < 1.29 is 5.11 Å². The molecule has 0 fully saturated rings. The second-order valence-electron chi connectivity index (χ2n) is 2.77. The SMILES string of the molecule is Nc1cccc(-c2nnnn2CO)c1. The Morgan fingerprint density at radius 3 is 3.00 bits per heavy atom. The summed E-state index contributed by atoms with van der Waals surface area (Å²) in [6.07, 6.45) is 0. The lowest BCUT2D eigenvalue weighted by Gasteiger charge is -2.01. The third-order valence-corrected chi connectivity index (χ3v) is 1.81. The summed E-state index contributed by atoms with van der Waals surface area (Å²) in [6, 6.07) is 7.16. The van der Waals surface area contributed by atoms with Crippen molar-refractivity contribution in [3.63, 3.8) is 0 Å². The van der Waals surface area contributed by atoms with Gasteiger partial charge in [0.2, 0.25) is 0 Å². The van der Waals surface area contributed by atoms with E-state index >= 15 is 0 Å². The van der Waals surface area contributed by atoms with E-state index in [1.165, 1.54) is 4.68 Å². The number of nitrogen functional groups attached to an aromatic ring is 1. The molecule has 0 spiro atoms. The van der Waals surface area contributed by atoms with Crippen LogP contribution in [-0.4, -0.2) is 25.3 Å². The van der Waals surface area contributed by atoms with Crippen LogP contribution in [0, 0.1) is 0 Å². The standard InChI is InChI=1S/C8H9N5O/c9-7-3-1-2-6(4-7)8-10-11-12-13(8)5-14/h1-4,14H,5,9H2. The third-order valence-electron chi connectivity index (χ3n) is 1.81. The number of aromatic nitrogens is 4. The number of benzene rings is 1. The quantitative estimate of drug-likeness (QED) is 0.645. The molecular formula is C8H9N5O. The van der Waals surface area contributed by atoms with Crippen LogP contribution in [0.1, 0.15) is 0 Å². The zero-order valence-electron chi connectivity index (χ0n) is 7.33. The minimum absolute atomic E-state index is 0.253. The lowest BCUT2D eigenvalue weighted by molar-refractivity contribution is 0.194. The molecule has 0 aliphatic carbocycles. The van der Waals surface area contributed by atoms with Crippen LogP contribution in [0.5, 0.6) is 0 Å². The van der Waals surface area contributed by atoms with Crippen molar-refractivity contribution in [3.8, 4) is 11.4 Å². The molecule has 0 amide bonds. The fourth-order valence-electron chi connectivity index (χ4n) is 1.18. The predicted molar refractivity (Wildman–Crippen MR) is 49.9 cm³/mol. The van der Waals surface area contributed by atoms with E-state index in [4.69, 9.17) is 10.8 Å². The molecular weight excluding hydrogens is 182 g/mol. The Hall–Kier alpha value is -1.95. The molecule has 0 radical (unpaired) electrons. The molecule has 0 saturated carbocycles. The summed E-state index contributed by atoms with van der Waals surface area (Å²) in [4.78, 5) is 0. The van der Waals surface area contributed by atoms with E-state index in [0.717, 1.165) is 5.56 Å². The van der Waals surface area contributed by atoms with Crippen molar-refractivity contribution in [1.29, 1.82) is 0 Å². The van der Waals surface area contributed by atoms with Gasteiger partial charge in [-0.15, -0.1) is 5.10 Å². The van der Waals surface area contributed by atoms with Crippen LogP contribution in [0.15, 0.2) is 24.3 Å². The van der Waals surface area contributed by atoms with E-state index in [-0.39, 0.29) is 6.73 Å². The van der Waals surface area contributed by atoms with Crippen LogP contribution in [0.2, 0.25) is 0 Å². The highest BCUT2D eigenvalue weighted by atomic mass is 16.3. The molecule has 3 N–H and O–H groups in total. The van der Waals surface area contributed by atoms with E-state index in [1.54, 1.807) is 18.2 Å². The lowest BCUT2D eigenvalue weighted by atomic mass is 10.2. The Labute approximate surface area is 80.0 Å². The fourth-order valence-corrected chi connectivity index (χ4v) is 1.18. The minimum atomic E-state index is -0.253. The van der Waals surface area contributed by atoms with Crippen LogP contribution in [0.25, 0.3) is 11.4 Å². The number of rotatable bonds is 2. The summed E-state index contributed by atoms with van der Waals surface area (Å²) in [5, 5.41) is 19.8. The normalized spacial score (nSPS) is 10.4. The van der Waals surface area contributed by atoms with Gasteiger partial charge in [0.1, 0.15) is 6.73 Å². The van der Waals surface area contributed by atoms with Crippen molar-refractivity contribution in [2.45, 2.75) is 6.73 Å². The van der Waals surface area contributed by atoms with Crippen LogP contribution < -0.4 is 5.73 Å². The Bertz CT molecular complexity index is 439. The molecule has 72 valence electrons. The minimum Gasteiger partial charge on any atom is -0.399 e. The van der Waals surface area contributed by atoms with Gasteiger partial charge in [-0.05, 0) is 22.6 Å². The van der Waals surface area contributed by atoms with Crippen LogP contribution in [-0.2, 0) is 6.73 Å². The smallest absolute Gasteiger partial charge is 0.184 e. The second kappa shape index (κ2) is 3.43. The maximum atomic E-state index is 8.93. The Balaban J connectivity index is 2.49. The summed E-state index contributed by atoms with van der Waals surface area (Å²) in [7, 11) is 0. The summed E-state index contributed by atoms with van der Waals surface area (Å²) < 4.78 is 1.29. The molecule has 2 aromatic rings. The first kappa shape index (κ1) is 8.64. The Morgan fingerprint density at radius 1 is 1.43 bits per heavy atom. The topological polar surface area (TPSA) is 89.9 Å². The van der Waals surface area contributed by atoms with E-state index in [9.17, 15) is 0 Å². The number of hydrogen-bond acceptors (Lipinski definition) is 5. The second-order valence-corrected chi connectivity index (χ2v) is 2.77. The highest BCUT2D eigenvalue weighted by Crippen LogP contribution is 2.17. The van der Waals surface area contributed by atoms with Gasteiger partial charge in [-0.25, -0.2) is 0 Å². The van der Waals surface area contributed by atoms with E-state index in [2.05, 4.69) is 15.5 Å². The van der Waals surface area contributed by atoms with Gasteiger partial charge < -0.3 is 10.8 Å². The summed E-state index contributed by atoms with van der Waals surface area (Å²) in [5.41, 5.74) is 7.03. The number of nitrogens with zero attached hydrogens (tertiary/aromatic N) is 4. The zero-order chi connectivity index (χ0) is 9.97. The van der Waals surface area contributed by atoms with Crippen LogP contribution in [0.4, 0.5) is 5.69 Å². The van der Waals surface area contributed by atoms with E-state index in [0.29, 0.717) is 11.5 Å². The molecule has 6 heteroatoms. The number of aliphatic hydroxyl groups excluding tert-OH is 1. The molecule has 1 aromatic carbocycles. The van der Waals surface area contributed by atoms with E-state index < -0.39 is 0 Å². The Morgan fingerprint density at radius 2 is 2.29 bits per heavy atom. The van der Waals surface area contributed by atoms with Gasteiger partial charge in [-0.2, -0.15) is 4.68 Å². The maximum Gasteiger partial charge on any atom is 0.184 e. The highest BCUT2D eigenvalue weighted by molar-refractivity contribution is 5.60. The summed E-state index contributed by atoms with van der Waals surface area (Å²) in [5.74, 6) is 0.500. The van der Waals surface area contributed by atoms with Crippen molar-refractivity contribution in [1.82, 2.24) is 20.2 Å². The molecule has 0 saturated heterocycles. The summed E-state index contributed by atoms with van der Waals surface area (Å²) in [6.45, 7) is -0.253. The largest absolute Gasteiger partial charge is 0.399 e. The van der Waals surface area contributed by atoms with Gasteiger partial charge in [0.25, 0.3) is 0 Å². The van der Waals surface area contributed by atoms with Gasteiger partial charge >= 0.3 is 0 Å². The van der Waals surface area contributed by atoms with Crippen molar-refractivity contribution in [3.05, 3.63) is 24.3 Å². The molecule has 0 unspecified atom stereocenters. The lowest BCUT2D eigenvalue weighted by Crippen LogP contribution is -2.01. The maximum absolute atomic E-state index is 8.93. The molecule has 2 rings (SSSR count). The van der Waals surface area contributed by atoms with E-state index in [1.807, 2.05) is 6.07 Å². The van der Waals surface area contributed by atoms with Crippen LogP contribution >= 0.6 is 0 Å². The fraction of sp³-hybridized carbons (Fsp3) is 0.125. The predicted octanol–water partition coefficient (Wildman–Crippen LogP) is -0.128. The van der Waals surface area contributed by atoms with Crippen molar-refractivity contribution in [2.24, 2.45) is 0 Å². The summed E-state index contributed by atoms with van der Waals surface area (Å²) >= 11 is 0. The van der Waals surface area contributed by atoms with Gasteiger partial charge in [0.15, 0.2) is 5.82 Å². The number of nitrogens with two attached hydrogens (primary N) is 1. The van der Waals surface area contributed by atoms with Gasteiger partial charge in [0.05, 0.1) is 0 Å². The van der Waals surface area contributed by atoms with Gasteiger partial charge in [-0.1, -0.05) is 12.1 Å². The monoisotopic (exact) mass is 191 g/mol. The van der Waals surface area contributed by atoms with Crippen molar-refractivity contribution >= 4 is 5.69 Å². The first-order valence-corrected chi connectivity index (χ1v) is 4.04. The first-order chi connectivity index (χ1) is 6.81. The van der Waals surface area contributed by atoms with Crippen LogP contribution in [0.3, 0.4) is 0 Å². The van der Waals surface area contributed by atoms with Gasteiger partial charge in [-0.3, -0.25) is 0 Å². The Kier molecular flexibility index (Phi) is 2.11. The average Bonchev–Trinajstić information content (AvgIpc) is 2.65. The average molecular weight is 191 g/mol. The molecule has 0 bridgehead atoms. The van der Waals surface area contributed by atoms with Crippen molar-refractivity contribution in [2.75, 3.05) is 5.73 Å². The van der Waals surface area contributed by atoms with Gasteiger partial charge in [0, 0.05) is 11.3 Å². The molecule has 0 aliphatic heterocycles. The molecule has 6 nitrogen and oxygen atoms in total. The third kappa shape index (κ3) is 1.42.